The Kier molecular flexibility index (Phi) is 3.73. The van der Waals surface area contributed by atoms with Crippen LogP contribution in [0.5, 0.6) is 11.5 Å². The zero-order valence-corrected chi connectivity index (χ0v) is 12.7. The Morgan fingerprint density at radius 2 is 1.75 bits per heavy atom. The molecule has 0 fully saturated rings. The molecule has 0 unspecified atom stereocenters. The van der Waals surface area contributed by atoms with Crippen molar-refractivity contribution in [3.05, 3.63) is 47.5 Å². The van der Waals surface area contributed by atoms with Gasteiger partial charge in [0.1, 0.15) is 5.76 Å². The molecule has 3 aromatic rings. The second-order valence-corrected chi connectivity index (χ2v) is 5.40. The Labute approximate surface area is 136 Å². The number of furan rings is 1. The number of aliphatic carboxylic acids is 1. The molecule has 0 radical (unpaired) electrons. The number of hydrogen-bond donors (Lipinski definition) is 3. The molecule has 24 heavy (non-hydrogen) atoms. The van der Waals surface area contributed by atoms with Crippen LogP contribution < -0.4 is 0 Å². The summed E-state index contributed by atoms with van der Waals surface area (Å²) in [6.07, 6.45) is -0.348. The molecule has 3 N–H and O–H groups in total. The fraction of sp³-hybridized carbons (Fsp3) is 0.111. The van der Waals surface area contributed by atoms with Gasteiger partial charge in [-0.15, -0.1) is 0 Å². The fourth-order valence-electron chi connectivity index (χ4n) is 2.67. The van der Waals surface area contributed by atoms with Gasteiger partial charge in [-0.25, -0.2) is 0 Å². The van der Waals surface area contributed by atoms with Crippen molar-refractivity contribution in [3.63, 3.8) is 0 Å². The van der Waals surface area contributed by atoms with Gasteiger partial charge in [0.15, 0.2) is 17.1 Å². The third-order valence-electron chi connectivity index (χ3n) is 3.77. The SMILES string of the molecule is CC(=O)c1cc2c(CC(=O)O)c(-c3ccccc3)oc2c(O)c1O. The smallest absolute Gasteiger partial charge is 0.307 e. The monoisotopic (exact) mass is 326 g/mol. The molecule has 0 amide bonds. The number of phenols is 2. The molecule has 0 bridgehead atoms. The van der Waals surface area contributed by atoms with Gasteiger partial charge in [-0.1, -0.05) is 30.3 Å². The molecule has 1 heterocycles. The van der Waals surface area contributed by atoms with E-state index in [1.165, 1.54) is 13.0 Å². The van der Waals surface area contributed by atoms with Crippen LogP contribution in [0.3, 0.4) is 0 Å². The van der Waals surface area contributed by atoms with Crippen molar-refractivity contribution in [2.75, 3.05) is 0 Å². The van der Waals surface area contributed by atoms with Crippen LogP contribution in [0.1, 0.15) is 22.8 Å². The molecule has 0 saturated heterocycles. The van der Waals surface area contributed by atoms with E-state index in [4.69, 9.17) is 4.42 Å². The first-order valence-electron chi connectivity index (χ1n) is 7.18. The molecule has 0 saturated carbocycles. The number of carbonyl (C=O) groups is 2. The van der Waals surface area contributed by atoms with E-state index in [0.29, 0.717) is 11.1 Å². The number of fused-ring (bicyclic) bond motifs is 1. The van der Waals surface area contributed by atoms with E-state index < -0.39 is 23.3 Å². The van der Waals surface area contributed by atoms with Crippen LogP contribution in [0.25, 0.3) is 22.3 Å². The average Bonchev–Trinajstić information content (AvgIpc) is 2.89. The van der Waals surface area contributed by atoms with Crippen molar-refractivity contribution in [3.8, 4) is 22.8 Å². The Balaban J connectivity index is 2.39. The lowest BCUT2D eigenvalue weighted by Gasteiger charge is -2.04. The van der Waals surface area contributed by atoms with E-state index in [-0.39, 0.29) is 28.7 Å². The largest absolute Gasteiger partial charge is 0.504 e. The average molecular weight is 326 g/mol. The molecule has 0 spiro atoms. The van der Waals surface area contributed by atoms with Gasteiger partial charge in [-0.3, -0.25) is 9.59 Å². The highest BCUT2D eigenvalue weighted by atomic mass is 16.4. The Morgan fingerprint density at radius 3 is 2.33 bits per heavy atom. The third-order valence-corrected chi connectivity index (χ3v) is 3.77. The van der Waals surface area contributed by atoms with Crippen molar-refractivity contribution in [2.45, 2.75) is 13.3 Å². The van der Waals surface area contributed by atoms with Crippen molar-refractivity contribution in [1.29, 1.82) is 0 Å². The molecule has 6 nitrogen and oxygen atoms in total. The number of carboxylic acid groups (broad SMARTS) is 1. The minimum atomic E-state index is -1.08. The van der Waals surface area contributed by atoms with Gasteiger partial charge >= 0.3 is 5.97 Å². The summed E-state index contributed by atoms with van der Waals surface area (Å²) < 4.78 is 5.65. The standard InChI is InChI=1S/C18H14O6/c1-9(19)11-7-12-13(8-14(20)21)17(10-5-3-2-4-6-10)24-18(12)16(23)15(11)22/h2-7,22-23H,8H2,1H3,(H,20,21). The molecular weight excluding hydrogens is 312 g/mol. The fourth-order valence-corrected chi connectivity index (χ4v) is 2.67. The summed E-state index contributed by atoms with van der Waals surface area (Å²) in [5.74, 6) is -2.40. The van der Waals surface area contributed by atoms with E-state index >= 15 is 0 Å². The number of rotatable bonds is 4. The van der Waals surface area contributed by atoms with Gasteiger partial charge in [0, 0.05) is 16.5 Å². The molecule has 0 aliphatic rings. The normalized spacial score (nSPS) is 10.9. The first-order valence-corrected chi connectivity index (χ1v) is 7.18. The van der Waals surface area contributed by atoms with Gasteiger partial charge in [0.25, 0.3) is 0 Å². The van der Waals surface area contributed by atoms with Crippen LogP contribution in [0.2, 0.25) is 0 Å². The van der Waals surface area contributed by atoms with Crippen LogP contribution >= 0.6 is 0 Å². The maximum absolute atomic E-state index is 11.7. The van der Waals surface area contributed by atoms with Crippen molar-refractivity contribution < 1.29 is 29.3 Å². The number of aromatic hydroxyl groups is 2. The molecule has 2 aromatic carbocycles. The number of phenolic OH excluding ortho intramolecular Hbond substituents is 2. The van der Waals surface area contributed by atoms with E-state index in [1.807, 2.05) is 0 Å². The summed E-state index contributed by atoms with van der Waals surface area (Å²) in [5, 5.41) is 29.6. The lowest BCUT2D eigenvalue weighted by Crippen LogP contribution is -2.01. The molecule has 122 valence electrons. The van der Waals surface area contributed by atoms with Crippen LogP contribution in [-0.2, 0) is 11.2 Å². The maximum Gasteiger partial charge on any atom is 0.307 e. The predicted molar refractivity (Wildman–Crippen MR) is 86.3 cm³/mol. The molecule has 0 aliphatic heterocycles. The lowest BCUT2D eigenvalue weighted by atomic mass is 10.00. The van der Waals surface area contributed by atoms with Crippen molar-refractivity contribution in [1.82, 2.24) is 0 Å². The van der Waals surface area contributed by atoms with Crippen LogP contribution in [0, 0.1) is 0 Å². The molecule has 0 atom stereocenters. The van der Waals surface area contributed by atoms with E-state index in [0.717, 1.165) is 0 Å². The summed E-state index contributed by atoms with van der Waals surface area (Å²) in [5.41, 5.74) is 0.828. The zero-order valence-electron chi connectivity index (χ0n) is 12.7. The number of carbonyl (C=O) groups excluding carboxylic acids is 1. The molecule has 1 aromatic heterocycles. The van der Waals surface area contributed by atoms with E-state index in [1.54, 1.807) is 30.3 Å². The van der Waals surface area contributed by atoms with Gasteiger partial charge in [-0.2, -0.15) is 0 Å². The van der Waals surface area contributed by atoms with Crippen molar-refractivity contribution >= 4 is 22.7 Å². The highest BCUT2D eigenvalue weighted by Crippen LogP contribution is 2.43. The minimum absolute atomic E-state index is 0.0485. The molecule has 3 rings (SSSR count). The summed E-state index contributed by atoms with van der Waals surface area (Å²) in [6, 6.07) is 10.2. The van der Waals surface area contributed by atoms with Gasteiger partial charge in [-0.05, 0) is 13.0 Å². The molecular formula is C18H14O6. The summed E-state index contributed by atoms with van der Waals surface area (Å²) in [7, 11) is 0. The number of benzene rings is 2. The summed E-state index contributed by atoms with van der Waals surface area (Å²) in [4.78, 5) is 22.9. The maximum atomic E-state index is 11.7. The van der Waals surface area contributed by atoms with E-state index in [9.17, 15) is 24.9 Å². The van der Waals surface area contributed by atoms with Gasteiger partial charge < -0.3 is 19.7 Å². The number of Topliss-reactive ketones (excluding diaryl/α,β-unsaturated/α-hetero) is 1. The number of hydrogen-bond acceptors (Lipinski definition) is 5. The topological polar surface area (TPSA) is 108 Å². The molecule has 0 aliphatic carbocycles. The Bertz CT molecular complexity index is 953. The summed E-state index contributed by atoms with van der Waals surface area (Å²) in [6.45, 7) is 1.25. The van der Waals surface area contributed by atoms with Crippen LogP contribution in [-0.4, -0.2) is 27.1 Å². The second kappa shape index (κ2) is 5.73. The van der Waals surface area contributed by atoms with Crippen LogP contribution in [0.15, 0.2) is 40.8 Å². The first kappa shape index (κ1) is 15.6. The Morgan fingerprint density at radius 1 is 1.08 bits per heavy atom. The second-order valence-electron chi connectivity index (χ2n) is 5.40. The van der Waals surface area contributed by atoms with Crippen molar-refractivity contribution in [2.24, 2.45) is 0 Å². The number of carboxylic acids is 1. The Hall–Kier alpha value is -3.28. The summed E-state index contributed by atoms with van der Waals surface area (Å²) >= 11 is 0. The number of ketones is 1. The highest BCUT2D eigenvalue weighted by molar-refractivity contribution is 6.05. The van der Waals surface area contributed by atoms with Crippen LogP contribution in [0.4, 0.5) is 0 Å². The highest BCUT2D eigenvalue weighted by Gasteiger charge is 2.24. The first-order chi connectivity index (χ1) is 11.4. The zero-order chi connectivity index (χ0) is 17.4. The third kappa shape index (κ3) is 2.48. The molecule has 6 heteroatoms. The lowest BCUT2D eigenvalue weighted by molar-refractivity contribution is -0.136. The predicted octanol–water partition coefficient (Wildman–Crippen LogP) is 3.34. The minimum Gasteiger partial charge on any atom is -0.504 e. The van der Waals surface area contributed by atoms with Gasteiger partial charge in [0.2, 0.25) is 5.75 Å². The van der Waals surface area contributed by atoms with Gasteiger partial charge in [0.05, 0.1) is 12.0 Å². The van der Waals surface area contributed by atoms with E-state index in [2.05, 4.69) is 0 Å². The quantitative estimate of drug-likeness (QED) is 0.501.